The van der Waals surface area contributed by atoms with Crippen LogP contribution in [0.5, 0.6) is 0 Å². The maximum absolute atomic E-state index is 11.2. The highest BCUT2D eigenvalue weighted by molar-refractivity contribution is 7.90. The van der Waals surface area contributed by atoms with Gasteiger partial charge in [-0.1, -0.05) is 11.6 Å². The molecule has 1 aliphatic rings. The molecule has 124 valence electrons. The van der Waals surface area contributed by atoms with Crippen LogP contribution in [0.4, 0.5) is 5.95 Å². The van der Waals surface area contributed by atoms with Crippen molar-refractivity contribution in [2.45, 2.75) is 32.2 Å². The quantitative estimate of drug-likeness (QED) is 0.825. The molecule has 1 aliphatic heterocycles. The molecule has 1 fully saturated rings. The third kappa shape index (κ3) is 5.66. The molecule has 0 spiro atoms. The van der Waals surface area contributed by atoms with Crippen molar-refractivity contribution in [3.05, 3.63) is 10.8 Å². The fourth-order valence-electron chi connectivity index (χ4n) is 2.56. The van der Waals surface area contributed by atoms with Crippen molar-refractivity contribution in [3.63, 3.8) is 0 Å². The van der Waals surface area contributed by atoms with Crippen LogP contribution in [-0.4, -0.2) is 66.2 Å². The topological polar surface area (TPSA) is 88.1 Å². The Balaban J connectivity index is 1.83. The highest BCUT2D eigenvalue weighted by Gasteiger charge is 2.20. The lowest BCUT2D eigenvalue weighted by Crippen LogP contribution is -2.43. The van der Waals surface area contributed by atoms with E-state index in [9.17, 15) is 8.42 Å². The van der Waals surface area contributed by atoms with Crippen LogP contribution in [0.25, 0.3) is 0 Å². The number of sulfone groups is 1. The molecule has 1 aromatic heterocycles. The van der Waals surface area contributed by atoms with E-state index in [1.54, 1.807) is 6.92 Å². The number of anilines is 1. The van der Waals surface area contributed by atoms with Gasteiger partial charge in [-0.15, -0.1) is 10.2 Å². The van der Waals surface area contributed by atoms with Gasteiger partial charge < -0.3 is 10.2 Å². The lowest BCUT2D eigenvalue weighted by atomic mass is 10.1. The Hall–Kier alpha value is -0.990. The fourth-order valence-corrected chi connectivity index (χ4v) is 3.29. The summed E-state index contributed by atoms with van der Waals surface area (Å²) in [4.78, 5) is 6.55. The standard InChI is InChI=1S/C13H22ClN5O2S/c1-10-12(14)17-18-13(15-10)16-11-5-3-6-19(9-11)7-4-8-22(2,20)21/h11H,3-9H2,1-2H3,(H,15,16,18)/t11-/m1/s1. The maximum Gasteiger partial charge on any atom is 0.243 e. The van der Waals surface area contributed by atoms with Crippen molar-refractivity contribution in [1.29, 1.82) is 0 Å². The highest BCUT2D eigenvalue weighted by atomic mass is 35.5. The minimum atomic E-state index is -2.88. The van der Waals surface area contributed by atoms with Crippen LogP contribution < -0.4 is 5.32 Å². The van der Waals surface area contributed by atoms with E-state index in [2.05, 4.69) is 25.4 Å². The zero-order valence-corrected chi connectivity index (χ0v) is 14.5. The summed E-state index contributed by atoms with van der Waals surface area (Å²) in [7, 11) is -2.88. The first-order chi connectivity index (χ1) is 10.3. The second-order valence-electron chi connectivity index (χ2n) is 5.78. The van der Waals surface area contributed by atoms with E-state index in [1.165, 1.54) is 6.26 Å². The Morgan fingerprint density at radius 1 is 1.41 bits per heavy atom. The molecule has 1 atom stereocenters. The molecule has 0 aromatic carbocycles. The van der Waals surface area contributed by atoms with Crippen molar-refractivity contribution in [2.24, 2.45) is 0 Å². The molecule has 2 rings (SSSR count). The summed E-state index contributed by atoms with van der Waals surface area (Å²) in [5.41, 5.74) is 0.653. The van der Waals surface area contributed by atoms with Crippen LogP contribution in [0.15, 0.2) is 0 Å². The highest BCUT2D eigenvalue weighted by Crippen LogP contribution is 2.15. The van der Waals surface area contributed by atoms with Crippen LogP contribution in [0.2, 0.25) is 5.15 Å². The number of aromatic nitrogens is 3. The number of hydrogen-bond donors (Lipinski definition) is 1. The number of nitrogens with zero attached hydrogens (tertiary/aromatic N) is 4. The Morgan fingerprint density at radius 3 is 2.86 bits per heavy atom. The van der Waals surface area contributed by atoms with Crippen molar-refractivity contribution >= 4 is 27.4 Å². The molecule has 0 saturated carbocycles. The molecular weight excluding hydrogens is 326 g/mol. The Labute approximate surface area is 136 Å². The normalized spacial score (nSPS) is 20.0. The van der Waals surface area contributed by atoms with Crippen molar-refractivity contribution in [1.82, 2.24) is 20.1 Å². The predicted molar refractivity (Wildman–Crippen MR) is 87.0 cm³/mol. The number of aryl methyl sites for hydroxylation is 1. The van der Waals surface area contributed by atoms with Gasteiger partial charge in [-0.05, 0) is 39.3 Å². The average Bonchev–Trinajstić information content (AvgIpc) is 2.42. The smallest absolute Gasteiger partial charge is 0.243 e. The van der Waals surface area contributed by atoms with E-state index < -0.39 is 9.84 Å². The summed E-state index contributed by atoms with van der Waals surface area (Å²) in [5, 5.41) is 11.4. The first kappa shape index (κ1) is 17.4. The Morgan fingerprint density at radius 2 is 2.18 bits per heavy atom. The molecule has 0 aliphatic carbocycles. The number of rotatable bonds is 6. The van der Waals surface area contributed by atoms with Gasteiger partial charge in [0.1, 0.15) is 9.84 Å². The van der Waals surface area contributed by atoms with Gasteiger partial charge in [-0.3, -0.25) is 0 Å². The van der Waals surface area contributed by atoms with Crippen LogP contribution in [0.1, 0.15) is 25.0 Å². The van der Waals surface area contributed by atoms with Gasteiger partial charge in [0.2, 0.25) is 5.95 Å². The molecule has 7 nitrogen and oxygen atoms in total. The van der Waals surface area contributed by atoms with Crippen molar-refractivity contribution in [2.75, 3.05) is 37.0 Å². The first-order valence-electron chi connectivity index (χ1n) is 7.37. The van der Waals surface area contributed by atoms with Gasteiger partial charge in [-0.25, -0.2) is 13.4 Å². The third-order valence-electron chi connectivity index (χ3n) is 3.63. The second-order valence-corrected chi connectivity index (χ2v) is 8.40. The Bertz CT molecular complexity index is 610. The van der Waals surface area contributed by atoms with Crippen LogP contribution in [0, 0.1) is 6.92 Å². The summed E-state index contributed by atoms with van der Waals surface area (Å²) in [6, 6.07) is 0.245. The molecule has 9 heteroatoms. The molecule has 1 N–H and O–H groups in total. The fraction of sp³-hybridized carbons (Fsp3) is 0.769. The van der Waals surface area contributed by atoms with Gasteiger partial charge in [0.25, 0.3) is 0 Å². The zero-order chi connectivity index (χ0) is 16.2. The first-order valence-corrected chi connectivity index (χ1v) is 9.81. The number of nitrogens with one attached hydrogen (secondary N) is 1. The minimum Gasteiger partial charge on any atom is -0.349 e. The molecule has 1 aromatic rings. The van der Waals surface area contributed by atoms with E-state index in [0.717, 1.165) is 32.5 Å². The molecule has 0 bridgehead atoms. The van der Waals surface area contributed by atoms with Gasteiger partial charge >= 0.3 is 0 Å². The molecule has 2 heterocycles. The summed E-state index contributed by atoms with van der Waals surface area (Å²) in [5.74, 6) is 0.732. The molecular formula is C13H22ClN5O2S. The number of piperidine rings is 1. The van der Waals surface area contributed by atoms with Gasteiger partial charge in [-0.2, -0.15) is 0 Å². The zero-order valence-electron chi connectivity index (χ0n) is 12.9. The Kier molecular flexibility index (Phi) is 5.94. The van der Waals surface area contributed by atoms with Gasteiger partial charge in [0, 0.05) is 18.8 Å². The number of halogens is 1. The predicted octanol–water partition coefficient (Wildman–Crippen LogP) is 1.14. The monoisotopic (exact) mass is 347 g/mol. The number of likely N-dealkylation sites (tertiary alicyclic amines) is 1. The second kappa shape index (κ2) is 7.52. The third-order valence-corrected chi connectivity index (χ3v) is 5.01. The summed E-state index contributed by atoms with van der Waals surface area (Å²) >= 11 is 5.82. The summed E-state index contributed by atoms with van der Waals surface area (Å²) < 4.78 is 22.3. The lowest BCUT2D eigenvalue weighted by Gasteiger charge is -2.33. The van der Waals surface area contributed by atoms with Crippen LogP contribution in [0.3, 0.4) is 0 Å². The van der Waals surface area contributed by atoms with Crippen LogP contribution in [-0.2, 0) is 9.84 Å². The van der Waals surface area contributed by atoms with E-state index >= 15 is 0 Å². The van der Waals surface area contributed by atoms with Crippen LogP contribution >= 0.6 is 11.6 Å². The molecule has 0 unspecified atom stereocenters. The SMILES string of the molecule is Cc1nc(N[C@@H]2CCCN(CCCS(C)(=O)=O)C2)nnc1Cl. The van der Waals surface area contributed by atoms with Crippen molar-refractivity contribution < 1.29 is 8.42 Å². The van der Waals surface area contributed by atoms with E-state index in [0.29, 0.717) is 23.2 Å². The van der Waals surface area contributed by atoms with E-state index in [1.807, 2.05) is 0 Å². The van der Waals surface area contributed by atoms with Gasteiger partial charge in [0.15, 0.2) is 5.15 Å². The molecule has 1 saturated heterocycles. The number of hydrogen-bond acceptors (Lipinski definition) is 7. The molecule has 22 heavy (non-hydrogen) atoms. The molecule has 0 radical (unpaired) electrons. The van der Waals surface area contributed by atoms with Crippen molar-refractivity contribution in [3.8, 4) is 0 Å². The molecule has 0 amide bonds. The van der Waals surface area contributed by atoms with E-state index in [-0.39, 0.29) is 11.8 Å². The summed E-state index contributed by atoms with van der Waals surface area (Å²) in [6.45, 7) is 4.44. The lowest BCUT2D eigenvalue weighted by molar-refractivity contribution is 0.216. The minimum absolute atomic E-state index is 0.241. The van der Waals surface area contributed by atoms with Gasteiger partial charge in [0.05, 0.1) is 11.4 Å². The maximum atomic E-state index is 11.2. The summed E-state index contributed by atoms with van der Waals surface area (Å²) in [6.07, 6.45) is 4.05. The van der Waals surface area contributed by atoms with E-state index in [4.69, 9.17) is 11.6 Å². The average molecular weight is 348 g/mol. The largest absolute Gasteiger partial charge is 0.349 e.